The highest BCUT2D eigenvalue weighted by Crippen LogP contribution is 2.00. The van der Waals surface area contributed by atoms with E-state index in [0.717, 1.165) is 5.69 Å². The Morgan fingerprint density at radius 1 is 1.31 bits per heavy atom. The van der Waals surface area contributed by atoms with E-state index in [0.29, 0.717) is 6.26 Å². The van der Waals surface area contributed by atoms with Gasteiger partial charge in [-0.25, -0.2) is 0 Å². The van der Waals surface area contributed by atoms with Crippen molar-refractivity contribution in [1.82, 2.24) is 0 Å². The van der Waals surface area contributed by atoms with Gasteiger partial charge in [-0.05, 0) is 12.1 Å². The van der Waals surface area contributed by atoms with Crippen molar-refractivity contribution in [3.05, 3.63) is 30.3 Å². The van der Waals surface area contributed by atoms with Gasteiger partial charge in [0.1, 0.15) is 0 Å². The minimum absolute atomic E-state index is 0.715. The van der Waals surface area contributed by atoms with Crippen LogP contribution >= 0.6 is 0 Å². The Bertz CT molecular complexity index is 315. The Kier molecular flexibility index (Phi) is 5.05. The summed E-state index contributed by atoms with van der Waals surface area (Å²) < 4.78 is 25.9. The van der Waals surface area contributed by atoms with Gasteiger partial charge in [-0.1, -0.05) is 18.2 Å². The molecule has 74 valence electrons. The number of rotatable bonds is 1. The Morgan fingerprint density at radius 2 is 1.69 bits per heavy atom. The highest BCUT2D eigenvalue weighted by molar-refractivity contribution is 7.85. The van der Waals surface area contributed by atoms with Crippen LogP contribution in [0.25, 0.3) is 0 Å². The molecule has 0 aliphatic carbocycles. The van der Waals surface area contributed by atoms with Gasteiger partial charge in [0.05, 0.1) is 6.26 Å². The molecule has 0 heterocycles. The second kappa shape index (κ2) is 5.52. The van der Waals surface area contributed by atoms with Crippen molar-refractivity contribution in [1.29, 1.82) is 0 Å². The lowest BCUT2D eigenvalue weighted by Crippen LogP contribution is -2.05. The maximum atomic E-state index is 9.19. The number of benzene rings is 1. The highest BCUT2D eigenvalue weighted by atomic mass is 32.2. The Hall–Kier alpha value is -1.11. The van der Waals surface area contributed by atoms with Gasteiger partial charge in [-0.3, -0.25) is 10.4 Å². The molecule has 6 heteroatoms. The summed E-state index contributed by atoms with van der Waals surface area (Å²) >= 11 is 0. The third-order valence-electron chi connectivity index (χ3n) is 0.940. The van der Waals surface area contributed by atoms with Crippen LogP contribution in [0.4, 0.5) is 5.69 Å². The van der Waals surface area contributed by atoms with Crippen LogP contribution in [0, 0.1) is 0 Å². The predicted molar refractivity (Wildman–Crippen MR) is 51.7 cm³/mol. The lowest BCUT2D eigenvalue weighted by Gasteiger charge is -1.94. The third kappa shape index (κ3) is 10.9. The average Bonchev–Trinajstić information content (AvgIpc) is 2.03. The van der Waals surface area contributed by atoms with Gasteiger partial charge in [0, 0.05) is 5.69 Å². The van der Waals surface area contributed by atoms with Gasteiger partial charge in [-0.15, -0.1) is 0 Å². The largest absolute Gasteiger partial charge is 0.324 e. The van der Waals surface area contributed by atoms with E-state index in [2.05, 4.69) is 5.43 Å². The fourth-order valence-corrected chi connectivity index (χ4v) is 0.534. The molecule has 1 aromatic carbocycles. The molecule has 0 radical (unpaired) electrons. The quantitative estimate of drug-likeness (QED) is 0.351. The zero-order chi connectivity index (χ0) is 10.3. The molecule has 0 fully saturated rings. The SMILES string of the molecule is CS(=O)(=O)O.NNc1ccccc1. The fourth-order valence-electron chi connectivity index (χ4n) is 0.534. The molecule has 0 saturated carbocycles. The smallest absolute Gasteiger partial charge is 0.261 e. The number of nitrogen functional groups attached to an aromatic ring is 1. The molecule has 0 bridgehead atoms. The van der Waals surface area contributed by atoms with Crippen LogP contribution in [-0.4, -0.2) is 19.2 Å². The zero-order valence-corrected chi connectivity index (χ0v) is 7.95. The Labute approximate surface area is 77.3 Å². The van der Waals surface area contributed by atoms with Crippen molar-refractivity contribution < 1.29 is 13.0 Å². The lowest BCUT2D eigenvalue weighted by molar-refractivity contribution is 0.490. The molecule has 0 atom stereocenters. The average molecular weight is 204 g/mol. The van der Waals surface area contributed by atoms with Gasteiger partial charge < -0.3 is 5.43 Å². The second-order valence-corrected chi connectivity index (χ2v) is 3.71. The normalized spacial score (nSPS) is 9.77. The molecule has 5 nitrogen and oxygen atoms in total. The van der Waals surface area contributed by atoms with Gasteiger partial charge in [0.15, 0.2) is 0 Å². The molecule has 0 amide bonds. The number of hydrazine groups is 1. The first kappa shape index (κ1) is 11.9. The van der Waals surface area contributed by atoms with Crippen LogP contribution in [0.2, 0.25) is 0 Å². The zero-order valence-electron chi connectivity index (χ0n) is 7.14. The summed E-state index contributed by atoms with van der Waals surface area (Å²) in [6.07, 6.45) is 0.715. The highest BCUT2D eigenvalue weighted by Gasteiger charge is 1.81. The molecule has 0 unspecified atom stereocenters. The number of anilines is 1. The van der Waals surface area contributed by atoms with Crippen LogP contribution in [0.5, 0.6) is 0 Å². The van der Waals surface area contributed by atoms with Gasteiger partial charge in [-0.2, -0.15) is 8.42 Å². The standard InChI is InChI=1S/C6H8N2.CH4O3S/c7-8-6-4-2-1-3-5-6;1-5(2,3)4/h1-5,8H,7H2;1H3,(H,2,3,4). The number of hydrogen-bond donors (Lipinski definition) is 3. The fraction of sp³-hybridized carbons (Fsp3) is 0.143. The summed E-state index contributed by atoms with van der Waals surface area (Å²) in [5, 5.41) is 0. The topological polar surface area (TPSA) is 92.4 Å². The van der Waals surface area contributed by atoms with Crippen LogP contribution < -0.4 is 11.3 Å². The number of nitrogens with one attached hydrogen (secondary N) is 1. The van der Waals surface area contributed by atoms with Crippen molar-refractivity contribution >= 4 is 15.8 Å². The van der Waals surface area contributed by atoms with Gasteiger partial charge in [0.25, 0.3) is 10.1 Å². The minimum Gasteiger partial charge on any atom is -0.324 e. The van der Waals surface area contributed by atoms with Crippen molar-refractivity contribution in [2.75, 3.05) is 11.7 Å². The predicted octanol–water partition coefficient (Wildman–Crippen LogP) is 0.476. The summed E-state index contributed by atoms with van der Waals surface area (Å²) in [7, 11) is -3.67. The number of hydrogen-bond acceptors (Lipinski definition) is 4. The molecule has 4 N–H and O–H groups in total. The van der Waals surface area contributed by atoms with E-state index in [9.17, 15) is 8.42 Å². The van der Waals surface area contributed by atoms with Gasteiger partial charge in [0.2, 0.25) is 0 Å². The monoisotopic (exact) mass is 204 g/mol. The van der Waals surface area contributed by atoms with Crippen LogP contribution in [0.3, 0.4) is 0 Å². The van der Waals surface area contributed by atoms with Crippen LogP contribution in [0.15, 0.2) is 30.3 Å². The van der Waals surface area contributed by atoms with Crippen molar-refractivity contribution in [2.24, 2.45) is 5.84 Å². The molecular formula is C7H12N2O3S. The summed E-state index contributed by atoms with van der Waals surface area (Å²) in [4.78, 5) is 0. The second-order valence-electron chi connectivity index (χ2n) is 2.24. The molecule has 1 rings (SSSR count). The first-order chi connectivity index (χ1) is 5.93. The van der Waals surface area contributed by atoms with Crippen LogP contribution in [0.1, 0.15) is 0 Å². The Morgan fingerprint density at radius 3 is 1.92 bits per heavy atom. The molecule has 1 aromatic rings. The molecule has 0 saturated heterocycles. The maximum Gasteiger partial charge on any atom is 0.261 e. The molecule has 13 heavy (non-hydrogen) atoms. The van der Waals surface area contributed by atoms with E-state index in [1.54, 1.807) is 0 Å². The number of nitrogens with two attached hydrogens (primary N) is 1. The Balaban J connectivity index is 0.000000252. The van der Waals surface area contributed by atoms with Crippen LogP contribution in [-0.2, 0) is 10.1 Å². The van der Waals surface area contributed by atoms with Gasteiger partial charge >= 0.3 is 0 Å². The summed E-state index contributed by atoms with van der Waals surface area (Å²) in [6, 6.07) is 9.60. The minimum atomic E-state index is -3.67. The summed E-state index contributed by atoms with van der Waals surface area (Å²) in [5.74, 6) is 5.10. The van der Waals surface area contributed by atoms with E-state index in [1.165, 1.54) is 0 Å². The maximum absolute atomic E-state index is 9.19. The lowest BCUT2D eigenvalue weighted by atomic mass is 10.3. The third-order valence-corrected chi connectivity index (χ3v) is 0.940. The van der Waals surface area contributed by atoms with E-state index in [-0.39, 0.29) is 0 Å². The van der Waals surface area contributed by atoms with E-state index in [4.69, 9.17) is 10.4 Å². The summed E-state index contributed by atoms with van der Waals surface area (Å²) in [5.41, 5.74) is 3.46. The molecule has 0 aliphatic rings. The molecule has 0 spiro atoms. The van der Waals surface area contributed by atoms with E-state index in [1.807, 2.05) is 30.3 Å². The molecular weight excluding hydrogens is 192 g/mol. The van der Waals surface area contributed by atoms with Crippen molar-refractivity contribution in [3.63, 3.8) is 0 Å². The first-order valence-electron chi connectivity index (χ1n) is 3.37. The van der Waals surface area contributed by atoms with Crippen molar-refractivity contribution in [2.45, 2.75) is 0 Å². The van der Waals surface area contributed by atoms with Crippen molar-refractivity contribution in [3.8, 4) is 0 Å². The molecule has 0 aromatic heterocycles. The molecule has 0 aliphatic heterocycles. The number of para-hydroxylation sites is 1. The first-order valence-corrected chi connectivity index (χ1v) is 5.22. The van der Waals surface area contributed by atoms with E-state index < -0.39 is 10.1 Å². The van der Waals surface area contributed by atoms with E-state index >= 15 is 0 Å². The summed E-state index contributed by atoms with van der Waals surface area (Å²) in [6.45, 7) is 0.